The number of hydrogen-bond donors (Lipinski definition) is 0. The summed E-state index contributed by atoms with van der Waals surface area (Å²) in [5.74, 6) is 0.766. The Morgan fingerprint density at radius 3 is 2.32 bits per heavy atom. The van der Waals surface area contributed by atoms with Crippen LogP contribution in [0, 0.1) is 0 Å². The van der Waals surface area contributed by atoms with E-state index in [0.29, 0.717) is 4.90 Å². The van der Waals surface area contributed by atoms with Crippen LogP contribution in [0.2, 0.25) is 0 Å². The summed E-state index contributed by atoms with van der Waals surface area (Å²) in [6.07, 6.45) is -4.28. The molecule has 2 aromatic rings. The second-order valence-corrected chi connectivity index (χ2v) is 6.23. The number of alkyl halides is 3. The van der Waals surface area contributed by atoms with Gasteiger partial charge in [0.05, 0.1) is 5.56 Å². The molecule has 100 valence electrons. The van der Waals surface area contributed by atoms with Gasteiger partial charge in [0.25, 0.3) is 0 Å². The maximum absolute atomic E-state index is 12.5. The van der Waals surface area contributed by atoms with Crippen LogP contribution < -0.4 is 0 Å². The van der Waals surface area contributed by atoms with Gasteiger partial charge in [-0.2, -0.15) is 13.2 Å². The largest absolute Gasteiger partial charge is 0.416 e. The number of hydrogen-bond acceptors (Lipinski definition) is 2. The predicted molar refractivity (Wildman–Crippen MR) is 75.0 cm³/mol. The van der Waals surface area contributed by atoms with Crippen molar-refractivity contribution >= 4 is 21.6 Å². The van der Waals surface area contributed by atoms with Gasteiger partial charge in [0.15, 0.2) is 0 Å². The number of halogens is 3. The van der Waals surface area contributed by atoms with Crippen molar-refractivity contribution in [1.29, 1.82) is 0 Å². The fourth-order valence-corrected chi connectivity index (χ4v) is 3.60. The second kappa shape index (κ2) is 6.39. The second-order valence-electron chi connectivity index (χ2n) is 3.86. The Morgan fingerprint density at radius 2 is 1.63 bits per heavy atom. The fourth-order valence-electron chi connectivity index (χ4n) is 1.46. The third-order valence-electron chi connectivity index (χ3n) is 2.38. The summed E-state index contributed by atoms with van der Waals surface area (Å²) in [6, 6.07) is 15.2. The highest BCUT2D eigenvalue weighted by molar-refractivity contribution is 8.76. The van der Waals surface area contributed by atoms with Crippen LogP contribution in [0.4, 0.5) is 13.2 Å². The van der Waals surface area contributed by atoms with E-state index in [-0.39, 0.29) is 0 Å². The van der Waals surface area contributed by atoms with Crippen LogP contribution in [0.5, 0.6) is 0 Å². The highest BCUT2D eigenvalue weighted by atomic mass is 33.1. The van der Waals surface area contributed by atoms with Crippen molar-refractivity contribution in [2.24, 2.45) is 0 Å². The van der Waals surface area contributed by atoms with E-state index < -0.39 is 11.7 Å². The molecule has 5 heteroatoms. The third-order valence-corrected chi connectivity index (χ3v) is 4.68. The minimum Gasteiger partial charge on any atom is -0.166 e. The maximum atomic E-state index is 12.5. The molecule has 0 nitrogen and oxygen atoms in total. The Morgan fingerprint density at radius 1 is 0.895 bits per heavy atom. The summed E-state index contributed by atoms with van der Waals surface area (Å²) < 4.78 is 37.6. The van der Waals surface area contributed by atoms with Gasteiger partial charge in [-0.25, -0.2) is 0 Å². The van der Waals surface area contributed by atoms with Crippen LogP contribution in [0.25, 0.3) is 0 Å². The molecule has 19 heavy (non-hydrogen) atoms. The van der Waals surface area contributed by atoms with Crippen LogP contribution >= 0.6 is 21.6 Å². The summed E-state index contributed by atoms with van der Waals surface area (Å²) in [5.41, 5.74) is 0.560. The zero-order valence-corrected chi connectivity index (χ0v) is 11.5. The molecule has 2 aromatic carbocycles. The highest BCUT2D eigenvalue weighted by Gasteiger charge is 2.30. The quantitative estimate of drug-likeness (QED) is 0.670. The van der Waals surface area contributed by atoms with Crippen molar-refractivity contribution in [1.82, 2.24) is 0 Å². The first-order valence-electron chi connectivity index (χ1n) is 5.56. The van der Waals surface area contributed by atoms with E-state index in [0.717, 1.165) is 17.4 Å². The molecule has 0 aliphatic rings. The van der Waals surface area contributed by atoms with Crippen molar-refractivity contribution < 1.29 is 13.2 Å². The zero-order chi connectivity index (χ0) is 13.7. The van der Waals surface area contributed by atoms with Gasteiger partial charge in [-0.05, 0) is 23.8 Å². The minimum atomic E-state index is -4.28. The average Bonchev–Trinajstić information content (AvgIpc) is 2.39. The van der Waals surface area contributed by atoms with E-state index in [9.17, 15) is 13.2 Å². The van der Waals surface area contributed by atoms with Crippen LogP contribution in [-0.4, -0.2) is 0 Å². The predicted octanol–water partition coefficient (Wildman–Crippen LogP) is 5.65. The molecule has 0 fully saturated rings. The number of rotatable bonds is 4. The minimum absolute atomic E-state index is 0.599. The van der Waals surface area contributed by atoms with Gasteiger partial charge in [-0.3, -0.25) is 0 Å². The van der Waals surface area contributed by atoms with Crippen molar-refractivity contribution in [3.8, 4) is 0 Å². The van der Waals surface area contributed by atoms with E-state index in [4.69, 9.17) is 0 Å². The van der Waals surface area contributed by atoms with E-state index >= 15 is 0 Å². The first-order chi connectivity index (χ1) is 9.05. The van der Waals surface area contributed by atoms with Gasteiger partial charge in [-0.1, -0.05) is 58.0 Å². The number of benzene rings is 2. The molecule has 0 amide bonds. The van der Waals surface area contributed by atoms with E-state index in [2.05, 4.69) is 0 Å². The Hall–Kier alpha value is -1.07. The van der Waals surface area contributed by atoms with Crippen molar-refractivity contribution in [2.75, 3.05) is 0 Å². The SMILES string of the molecule is FC(F)(F)c1cccc(SSCc2ccccc2)c1. The molecule has 0 saturated carbocycles. The molecular weight excluding hydrogens is 289 g/mol. The van der Waals surface area contributed by atoms with Crippen LogP contribution in [-0.2, 0) is 11.9 Å². The molecular formula is C14H11F3S2. The Balaban J connectivity index is 1.93. The normalized spacial score (nSPS) is 11.5. The summed E-state index contributed by atoms with van der Waals surface area (Å²) in [6.45, 7) is 0. The monoisotopic (exact) mass is 300 g/mol. The van der Waals surface area contributed by atoms with Gasteiger partial charge >= 0.3 is 6.18 Å². The lowest BCUT2D eigenvalue weighted by molar-refractivity contribution is -0.137. The summed E-state index contributed by atoms with van der Waals surface area (Å²) >= 11 is 0. The Labute approximate surface area is 117 Å². The molecule has 0 unspecified atom stereocenters. The molecule has 0 radical (unpaired) electrons. The molecule has 2 rings (SSSR count). The standard InChI is InChI=1S/C14H11F3S2/c15-14(16,17)12-7-4-8-13(9-12)19-18-10-11-5-2-1-3-6-11/h1-9H,10H2. The zero-order valence-electron chi connectivity index (χ0n) is 9.85. The molecule has 0 aliphatic heterocycles. The van der Waals surface area contributed by atoms with E-state index in [1.165, 1.54) is 33.7 Å². The van der Waals surface area contributed by atoms with Crippen LogP contribution in [0.3, 0.4) is 0 Å². The van der Waals surface area contributed by atoms with Gasteiger partial charge < -0.3 is 0 Å². The van der Waals surface area contributed by atoms with Crippen molar-refractivity contribution in [2.45, 2.75) is 16.8 Å². The fraction of sp³-hybridized carbons (Fsp3) is 0.143. The first-order valence-corrected chi connectivity index (χ1v) is 7.88. The third kappa shape index (κ3) is 4.51. The smallest absolute Gasteiger partial charge is 0.166 e. The Kier molecular flexibility index (Phi) is 4.82. The van der Waals surface area contributed by atoms with Gasteiger partial charge in [0.2, 0.25) is 0 Å². The van der Waals surface area contributed by atoms with Gasteiger partial charge in [0.1, 0.15) is 0 Å². The molecule has 0 aromatic heterocycles. The molecule has 0 N–H and O–H groups in total. The molecule has 0 aliphatic carbocycles. The van der Waals surface area contributed by atoms with Crippen molar-refractivity contribution in [3.63, 3.8) is 0 Å². The average molecular weight is 300 g/mol. The lowest BCUT2D eigenvalue weighted by Crippen LogP contribution is -2.04. The summed E-state index contributed by atoms with van der Waals surface area (Å²) in [4.78, 5) is 0.621. The van der Waals surface area contributed by atoms with E-state index in [1.54, 1.807) is 6.07 Å². The van der Waals surface area contributed by atoms with Crippen LogP contribution in [0.15, 0.2) is 59.5 Å². The molecule has 0 spiro atoms. The first kappa shape index (κ1) is 14.3. The molecule has 0 bridgehead atoms. The van der Waals surface area contributed by atoms with Gasteiger partial charge in [0, 0.05) is 10.6 Å². The van der Waals surface area contributed by atoms with Gasteiger partial charge in [-0.15, -0.1) is 0 Å². The lowest BCUT2D eigenvalue weighted by Gasteiger charge is -2.08. The molecule has 0 heterocycles. The van der Waals surface area contributed by atoms with Crippen molar-refractivity contribution in [3.05, 3.63) is 65.7 Å². The van der Waals surface area contributed by atoms with E-state index in [1.807, 2.05) is 30.3 Å². The maximum Gasteiger partial charge on any atom is 0.416 e. The molecule has 0 atom stereocenters. The molecule has 0 saturated heterocycles. The van der Waals surface area contributed by atoms with Crippen LogP contribution in [0.1, 0.15) is 11.1 Å². The lowest BCUT2D eigenvalue weighted by atomic mass is 10.2. The topological polar surface area (TPSA) is 0 Å². The summed E-state index contributed by atoms with van der Waals surface area (Å²) in [7, 11) is 2.89. The highest BCUT2D eigenvalue weighted by Crippen LogP contribution is 2.37. The Bertz CT molecular complexity index is 524. The summed E-state index contributed by atoms with van der Waals surface area (Å²) in [5, 5.41) is 0.